The Morgan fingerprint density at radius 3 is 2.36 bits per heavy atom. The number of hydrogen-bond donors (Lipinski definition) is 1. The summed E-state index contributed by atoms with van der Waals surface area (Å²) >= 11 is 0. The highest BCUT2D eigenvalue weighted by Gasteiger charge is 2.27. The summed E-state index contributed by atoms with van der Waals surface area (Å²) < 4.78 is 40.9. The normalized spacial score (nSPS) is 14.7. The fraction of sp³-hybridized carbons (Fsp3) is 0.259. The molecule has 0 saturated carbocycles. The van der Waals surface area contributed by atoms with Crippen LogP contribution in [0.2, 0.25) is 0 Å². The summed E-state index contributed by atoms with van der Waals surface area (Å²) in [5, 5.41) is 1.05. The van der Waals surface area contributed by atoms with Crippen molar-refractivity contribution in [2.45, 2.75) is 32.2 Å². The SMILES string of the molecule is O=S(=O)([O-])O.O=c1oc2c3c4c(cc2cc1-c1cc[n+](Cc2ccccc2)cc1)CCCN4CCC3. The minimum atomic E-state index is -4.92. The number of pyridine rings is 1. The molecule has 8 nitrogen and oxygen atoms in total. The van der Waals surface area contributed by atoms with E-state index in [9.17, 15) is 4.79 Å². The van der Waals surface area contributed by atoms with E-state index in [4.69, 9.17) is 21.9 Å². The minimum Gasteiger partial charge on any atom is -0.726 e. The second-order valence-electron chi connectivity index (χ2n) is 9.10. The highest BCUT2D eigenvalue weighted by Crippen LogP contribution is 2.40. The molecule has 0 radical (unpaired) electrons. The first-order valence-corrected chi connectivity index (χ1v) is 13.2. The summed E-state index contributed by atoms with van der Waals surface area (Å²) in [5.41, 5.74) is 7.29. The van der Waals surface area contributed by atoms with Gasteiger partial charge in [-0.2, -0.15) is 0 Å². The zero-order valence-electron chi connectivity index (χ0n) is 19.6. The van der Waals surface area contributed by atoms with Crippen LogP contribution in [-0.4, -0.2) is 30.6 Å². The first-order chi connectivity index (χ1) is 17.3. The fourth-order valence-electron chi connectivity index (χ4n) is 5.18. The van der Waals surface area contributed by atoms with E-state index in [1.807, 2.05) is 36.7 Å². The van der Waals surface area contributed by atoms with Crippen LogP contribution in [0.4, 0.5) is 5.69 Å². The molecule has 4 heterocycles. The number of anilines is 1. The fourth-order valence-corrected chi connectivity index (χ4v) is 5.18. The number of benzene rings is 2. The molecule has 1 N–H and O–H groups in total. The van der Waals surface area contributed by atoms with Crippen molar-refractivity contribution >= 4 is 27.1 Å². The molecule has 4 aromatic rings. The minimum absolute atomic E-state index is 0.252. The Morgan fingerprint density at radius 2 is 1.67 bits per heavy atom. The van der Waals surface area contributed by atoms with Gasteiger partial charge in [0.15, 0.2) is 18.9 Å². The van der Waals surface area contributed by atoms with Crippen LogP contribution in [0, 0.1) is 0 Å². The van der Waals surface area contributed by atoms with Gasteiger partial charge in [0, 0.05) is 53.0 Å². The van der Waals surface area contributed by atoms with E-state index in [0.29, 0.717) is 5.56 Å². The van der Waals surface area contributed by atoms with Gasteiger partial charge < -0.3 is 13.9 Å². The third kappa shape index (κ3) is 5.33. The highest BCUT2D eigenvalue weighted by atomic mass is 32.3. The van der Waals surface area contributed by atoms with Gasteiger partial charge in [-0.15, -0.1) is 0 Å². The average molecular weight is 507 g/mol. The molecule has 0 aliphatic carbocycles. The van der Waals surface area contributed by atoms with Crippen molar-refractivity contribution < 1.29 is 26.5 Å². The van der Waals surface area contributed by atoms with Crippen molar-refractivity contribution in [1.82, 2.24) is 0 Å². The molecule has 2 aromatic carbocycles. The predicted octanol–water partition coefficient (Wildman–Crippen LogP) is 3.50. The van der Waals surface area contributed by atoms with Gasteiger partial charge in [0.2, 0.25) is 10.4 Å². The average Bonchev–Trinajstić information content (AvgIpc) is 2.85. The van der Waals surface area contributed by atoms with Gasteiger partial charge in [0.25, 0.3) is 0 Å². The van der Waals surface area contributed by atoms with Crippen molar-refractivity contribution in [3.05, 3.63) is 94.1 Å². The van der Waals surface area contributed by atoms with E-state index in [2.05, 4.69) is 39.8 Å². The van der Waals surface area contributed by atoms with Crippen LogP contribution in [0.3, 0.4) is 0 Å². The standard InChI is InChI=1S/C27H25N2O2.H2O4S/c30-27-24(20-10-14-28(15-11-20)18-19-6-2-1-3-7-19)17-22-16-21-8-4-12-29-13-5-9-23(25(21)29)26(22)31-27;1-5(2,3)4/h1-3,6-7,10-11,14-17H,4-5,8-9,12-13,18H2;(H2,1,2,3,4)/q+1;/p-1. The largest absolute Gasteiger partial charge is 0.726 e. The molecule has 2 aliphatic heterocycles. The summed E-state index contributed by atoms with van der Waals surface area (Å²) in [6, 6.07) is 18.7. The van der Waals surface area contributed by atoms with Crippen LogP contribution in [0.25, 0.3) is 22.1 Å². The smallest absolute Gasteiger partial charge is 0.344 e. The lowest BCUT2D eigenvalue weighted by atomic mass is 9.89. The van der Waals surface area contributed by atoms with Gasteiger partial charge in [-0.1, -0.05) is 30.3 Å². The second kappa shape index (κ2) is 9.85. The van der Waals surface area contributed by atoms with Gasteiger partial charge in [0.1, 0.15) is 5.58 Å². The molecule has 2 aliphatic rings. The lowest BCUT2D eigenvalue weighted by Gasteiger charge is -2.37. The molecule has 9 heteroatoms. The Hall–Kier alpha value is -3.53. The van der Waals surface area contributed by atoms with Gasteiger partial charge in [-0.25, -0.2) is 17.8 Å². The van der Waals surface area contributed by atoms with E-state index in [0.717, 1.165) is 55.4 Å². The van der Waals surface area contributed by atoms with Crippen molar-refractivity contribution in [3.63, 3.8) is 0 Å². The maximum Gasteiger partial charge on any atom is 0.344 e. The Labute approximate surface area is 209 Å². The zero-order valence-corrected chi connectivity index (χ0v) is 20.4. The van der Waals surface area contributed by atoms with Crippen LogP contribution in [0.5, 0.6) is 0 Å². The quantitative estimate of drug-likeness (QED) is 0.196. The molecule has 0 amide bonds. The summed E-state index contributed by atoms with van der Waals surface area (Å²) in [5.74, 6) is 0. The third-order valence-electron chi connectivity index (χ3n) is 6.63. The topological polar surface area (TPSA) is 115 Å². The summed E-state index contributed by atoms with van der Waals surface area (Å²) in [7, 11) is -4.92. The molecule has 0 spiro atoms. The first kappa shape index (κ1) is 24.2. The van der Waals surface area contributed by atoms with Gasteiger partial charge in [-0.3, -0.25) is 4.55 Å². The molecule has 6 rings (SSSR count). The third-order valence-corrected chi connectivity index (χ3v) is 6.63. The summed E-state index contributed by atoms with van der Waals surface area (Å²) in [6.45, 7) is 3.03. The van der Waals surface area contributed by atoms with E-state index in [1.54, 1.807) is 0 Å². The molecular formula is C27H26N2O6S. The van der Waals surface area contributed by atoms with Gasteiger partial charge in [-0.05, 0) is 43.4 Å². The Morgan fingerprint density at radius 1 is 1.00 bits per heavy atom. The number of fused-ring (bicyclic) bond motifs is 2. The van der Waals surface area contributed by atoms with E-state index in [-0.39, 0.29) is 5.63 Å². The lowest BCUT2D eigenvalue weighted by molar-refractivity contribution is -0.688. The van der Waals surface area contributed by atoms with E-state index < -0.39 is 10.4 Å². The monoisotopic (exact) mass is 506 g/mol. The molecule has 0 fully saturated rings. The summed E-state index contributed by atoms with van der Waals surface area (Å²) in [4.78, 5) is 15.4. The van der Waals surface area contributed by atoms with Crippen molar-refractivity contribution in [1.29, 1.82) is 0 Å². The van der Waals surface area contributed by atoms with Crippen molar-refractivity contribution in [3.8, 4) is 11.1 Å². The molecule has 186 valence electrons. The van der Waals surface area contributed by atoms with E-state index in [1.165, 1.54) is 28.8 Å². The molecular weight excluding hydrogens is 480 g/mol. The number of aromatic nitrogens is 1. The van der Waals surface area contributed by atoms with Crippen molar-refractivity contribution in [2.24, 2.45) is 0 Å². The van der Waals surface area contributed by atoms with Crippen LogP contribution >= 0.6 is 0 Å². The Bertz CT molecular complexity index is 1550. The van der Waals surface area contributed by atoms with Crippen LogP contribution in [0.15, 0.2) is 76.2 Å². The maximum absolute atomic E-state index is 13.0. The number of aryl methyl sites for hydroxylation is 2. The number of nitrogens with zero attached hydrogens (tertiary/aromatic N) is 2. The molecule has 0 unspecified atom stereocenters. The Balaban J connectivity index is 0.000000489. The van der Waals surface area contributed by atoms with E-state index >= 15 is 0 Å². The molecule has 0 atom stereocenters. The first-order valence-electron chi connectivity index (χ1n) is 11.9. The lowest BCUT2D eigenvalue weighted by Crippen LogP contribution is -2.34. The molecule has 2 aromatic heterocycles. The van der Waals surface area contributed by atoms with Crippen LogP contribution < -0.4 is 15.1 Å². The van der Waals surface area contributed by atoms with Gasteiger partial charge in [0.05, 0.1) is 5.56 Å². The maximum atomic E-state index is 13.0. The van der Waals surface area contributed by atoms with Crippen molar-refractivity contribution in [2.75, 3.05) is 18.0 Å². The molecule has 36 heavy (non-hydrogen) atoms. The molecule has 0 saturated heterocycles. The predicted molar refractivity (Wildman–Crippen MR) is 135 cm³/mol. The highest BCUT2D eigenvalue weighted by molar-refractivity contribution is 7.79. The second-order valence-corrected chi connectivity index (χ2v) is 9.95. The summed E-state index contributed by atoms with van der Waals surface area (Å²) in [6.07, 6.45) is 8.47. The Kier molecular flexibility index (Phi) is 6.61. The van der Waals surface area contributed by atoms with Crippen LogP contribution in [-0.2, 0) is 29.8 Å². The number of rotatable bonds is 3. The zero-order chi connectivity index (χ0) is 25.3. The number of hydrogen-bond acceptors (Lipinski definition) is 6. The van der Waals surface area contributed by atoms with Crippen LogP contribution in [0.1, 0.15) is 29.5 Å². The molecule has 0 bridgehead atoms. The van der Waals surface area contributed by atoms with Gasteiger partial charge >= 0.3 is 5.63 Å².